The Morgan fingerprint density at radius 3 is 2.89 bits per heavy atom. The van der Waals surface area contributed by atoms with E-state index in [9.17, 15) is 4.79 Å². The molecule has 0 fully saturated rings. The van der Waals surface area contributed by atoms with Crippen LogP contribution in [-0.4, -0.2) is 25.6 Å². The molecule has 5 heteroatoms. The average molecular weight is 245 g/mol. The number of hydrogen-bond donors (Lipinski definition) is 1. The Morgan fingerprint density at radius 1 is 1.44 bits per heavy atom. The van der Waals surface area contributed by atoms with Crippen molar-refractivity contribution in [3.05, 3.63) is 41.6 Å². The summed E-state index contributed by atoms with van der Waals surface area (Å²) in [5, 5.41) is 9.05. The van der Waals surface area contributed by atoms with Crippen LogP contribution in [0.2, 0.25) is 0 Å². The highest BCUT2D eigenvalue weighted by Gasteiger charge is 2.10. The van der Waals surface area contributed by atoms with E-state index in [1.54, 1.807) is 31.5 Å². The van der Waals surface area contributed by atoms with Gasteiger partial charge in [0.2, 0.25) is 0 Å². The first-order valence-electron chi connectivity index (χ1n) is 5.86. The molecule has 1 N–H and O–H groups in total. The Bertz CT molecular complexity index is 575. The van der Waals surface area contributed by atoms with Gasteiger partial charge in [0.25, 0.3) is 0 Å². The van der Waals surface area contributed by atoms with Gasteiger partial charge >= 0.3 is 5.97 Å². The number of rotatable bonds is 4. The van der Waals surface area contributed by atoms with Gasteiger partial charge in [-0.25, -0.2) is 14.8 Å². The maximum Gasteiger partial charge on any atom is 0.335 e. The van der Waals surface area contributed by atoms with Gasteiger partial charge in [0, 0.05) is 24.5 Å². The maximum absolute atomic E-state index is 11.0. The number of carboxylic acids is 1. The number of aromatic nitrogens is 3. The summed E-state index contributed by atoms with van der Waals surface area (Å²) in [5.41, 5.74) is 0.926. The molecule has 5 nitrogen and oxygen atoms in total. The van der Waals surface area contributed by atoms with Gasteiger partial charge < -0.3 is 5.11 Å². The van der Waals surface area contributed by atoms with Gasteiger partial charge in [-0.15, -0.1) is 0 Å². The number of carboxylic acid groups (broad SMARTS) is 1. The molecule has 0 saturated carbocycles. The predicted octanol–water partition coefficient (Wildman–Crippen LogP) is 2.23. The van der Waals surface area contributed by atoms with Crippen LogP contribution in [0.5, 0.6) is 0 Å². The molecular formula is C13H15N3O2. The fourth-order valence-corrected chi connectivity index (χ4v) is 1.85. The molecule has 2 aromatic rings. The second-order valence-corrected chi connectivity index (χ2v) is 4.12. The molecule has 94 valence electrons. The Kier molecular flexibility index (Phi) is 3.41. The molecule has 2 rings (SSSR count). The first kappa shape index (κ1) is 12.3. The lowest BCUT2D eigenvalue weighted by molar-refractivity contribution is 0.0696. The average Bonchev–Trinajstić information content (AvgIpc) is 2.77. The lowest BCUT2D eigenvalue weighted by Gasteiger charge is -2.08. The Morgan fingerprint density at radius 2 is 2.22 bits per heavy atom. The van der Waals surface area contributed by atoms with Gasteiger partial charge in [-0.2, -0.15) is 0 Å². The molecule has 0 atom stereocenters. The molecule has 0 spiro atoms. The zero-order valence-electron chi connectivity index (χ0n) is 10.4. The number of hydrogen-bond acceptors (Lipinski definition) is 3. The van der Waals surface area contributed by atoms with Crippen molar-refractivity contribution in [3.63, 3.8) is 0 Å². The molecule has 0 radical (unpaired) electrons. The van der Waals surface area contributed by atoms with Crippen LogP contribution in [0.15, 0.2) is 24.5 Å². The Hall–Kier alpha value is -2.17. The van der Waals surface area contributed by atoms with Crippen molar-refractivity contribution in [3.8, 4) is 5.82 Å². The van der Waals surface area contributed by atoms with E-state index in [2.05, 4.69) is 16.9 Å². The second-order valence-electron chi connectivity index (χ2n) is 4.12. The lowest BCUT2D eigenvalue weighted by Crippen LogP contribution is -2.06. The predicted molar refractivity (Wildman–Crippen MR) is 67.1 cm³/mol. The van der Waals surface area contributed by atoms with Crippen molar-refractivity contribution < 1.29 is 9.90 Å². The molecule has 0 aliphatic carbocycles. The number of aromatic carboxylic acids is 1. The van der Waals surface area contributed by atoms with E-state index in [0.717, 1.165) is 18.7 Å². The number of nitrogens with zero attached hydrogens (tertiary/aromatic N) is 3. The van der Waals surface area contributed by atoms with Gasteiger partial charge in [-0.05, 0) is 25.5 Å². The minimum atomic E-state index is -0.945. The third kappa shape index (κ3) is 2.40. The van der Waals surface area contributed by atoms with E-state index < -0.39 is 5.97 Å². The van der Waals surface area contributed by atoms with E-state index in [1.807, 2.05) is 4.57 Å². The molecule has 0 amide bonds. The number of aryl methyl sites for hydroxylation is 2. The molecule has 0 bridgehead atoms. The quantitative estimate of drug-likeness (QED) is 0.896. The minimum Gasteiger partial charge on any atom is -0.478 e. The largest absolute Gasteiger partial charge is 0.478 e. The van der Waals surface area contributed by atoms with Gasteiger partial charge in [0.05, 0.1) is 5.56 Å². The highest BCUT2D eigenvalue weighted by Crippen LogP contribution is 2.13. The number of carbonyl (C=O) groups is 1. The summed E-state index contributed by atoms with van der Waals surface area (Å²) < 4.78 is 1.84. The van der Waals surface area contributed by atoms with Gasteiger partial charge in [0.15, 0.2) is 0 Å². The van der Waals surface area contributed by atoms with Crippen LogP contribution < -0.4 is 0 Å². The molecule has 0 unspecified atom stereocenters. The summed E-state index contributed by atoms with van der Waals surface area (Å²) in [6.45, 7) is 3.86. The smallest absolute Gasteiger partial charge is 0.335 e. The molecular weight excluding hydrogens is 230 g/mol. The summed E-state index contributed by atoms with van der Waals surface area (Å²) in [7, 11) is 0. The summed E-state index contributed by atoms with van der Waals surface area (Å²) in [6, 6.07) is 3.12. The van der Waals surface area contributed by atoms with Crippen molar-refractivity contribution >= 4 is 5.97 Å². The topological polar surface area (TPSA) is 68.0 Å². The summed E-state index contributed by atoms with van der Waals surface area (Å²) in [4.78, 5) is 19.7. The summed E-state index contributed by atoms with van der Waals surface area (Å²) in [5.74, 6) is 0.555. The summed E-state index contributed by atoms with van der Waals surface area (Å²) in [6.07, 6.45) is 5.33. The van der Waals surface area contributed by atoms with E-state index >= 15 is 0 Å². The normalized spacial score (nSPS) is 10.6. The van der Waals surface area contributed by atoms with Crippen molar-refractivity contribution in [2.75, 3.05) is 0 Å². The third-order valence-corrected chi connectivity index (χ3v) is 2.62. The van der Waals surface area contributed by atoms with Crippen LogP contribution in [0, 0.1) is 6.92 Å². The first-order valence-corrected chi connectivity index (χ1v) is 5.86. The van der Waals surface area contributed by atoms with E-state index in [-0.39, 0.29) is 5.56 Å². The molecule has 18 heavy (non-hydrogen) atoms. The zero-order valence-corrected chi connectivity index (χ0v) is 10.4. The molecule has 0 aliphatic rings. The van der Waals surface area contributed by atoms with E-state index in [0.29, 0.717) is 11.5 Å². The standard InChI is InChI=1S/C13H15N3O2/c1-3-4-11-14-5-6-16(11)12-8-10(13(17)18)7-9(2)15-12/h5-8H,3-4H2,1-2H3,(H,17,18). The van der Waals surface area contributed by atoms with Crippen molar-refractivity contribution in [2.45, 2.75) is 26.7 Å². The van der Waals surface area contributed by atoms with Crippen molar-refractivity contribution in [2.24, 2.45) is 0 Å². The monoisotopic (exact) mass is 245 g/mol. The maximum atomic E-state index is 11.0. The number of pyridine rings is 1. The highest BCUT2D eigenvalue weighted by atomic mass is 16.4. The minimum absolute atomic E-state index is 0.244. The van der Waals surface area contributed by atoms with Crippen LogP contribution in [-0.2, 0) is 6.42 Å². The fraction of sp³-hybridized carbons (Fsp3) is 0.308. The van der Waals surface area contributed by atoms with Gasteiger partial charge in [0.1, 0.15) is 11.6 Å². The first-order chi connectivity index (χ1) is 8.61. The van der Waals surface area contributed by atoms with Crippen LogP contribution in [0.3, 0.4) is 0 Å². The van der Waals surface area contributed by atoms with Crippen LogP contribution in [0.25, 0.3) is 5.82 Å². The SMILES string of the molecule is CCCc1nccn1-c1cc(C(=O)O)cc(C)n1. The molecule has 0 saturated heterocycles. The molecule has 0 aliphatic heterocycles. The second kappa shape index (κ2) is 5.00. The van der Waals surface area contributed by atoms with Crippen LogP contribution in [0.1, 0.15) is 35.2 Å². The highest BCUT2D eigenvalue weighted by molar-refractivity contribution is 5.88. The van der Waals surface area contributed by atoms with Crippen LogP contribution >= 0.6 is 0 Å². The van der Waals surface area contributed by atoms with Gasteiger partial charge in [-0.1, -0.05) is 6.92 Å². The zero-order chi connectivity index (χ0) is 13.1. The van der Waals surface area contributed by atoms with Gasteiger partial charge in [-0.3, -0.25) is 4.57 Å². The fourth-order valence-electron chi connectivity index (χ4n) is 1.85. The lowest BCUT2D eigenvalue weighted by atomic mass is 10.2. The third-order valence-electron chi connectivity index (χ3n) is 2.62. The van der Waals surface area contributed by atoms with E-state index in [4.69, 9.17) is 5.11 Å². The van der Waals surface area contributed by atoms with Crippen LogP contribution in [0.4, 0.5) is 0 Å². The Labute approximate surface area is 105 Å². The summed E-state index contributed by atoms with van der Waals surface area (Å²) >= 11 is 0. The van der Waals surface area contributed by atoms with E-state index in [1.165, 1.54) is 0 Å². The molecule has 0 aromatic carbocycles. The Balaban J connectivity index is 2.49. The number of imidazole rings is 1. The van der Waals surface area contributed by atoms with Crippen molar-refractivity contribution in [1.29, 1.82) is 0 Å². The van der Waals surface area contributed by atoms with Crippen molar-refractivity contribution in [1.82, 2.24) is 14.5 Å². The molecule has 2 heterocycles. The molecule has 2 aromatic heterocycles.